The van der Waals surface area contributed by atoms with Crippen molar-refractivity contribution in [1.82, 2.24) is 0 Å². The monoisotopic (exact) mass is 867 g/mol. The molecule has 62 heavy (non-hydrogen) atoms. The van der Waals surface area contributed by atoms with E-state index in [0.29, 0.717) is 107 Å². The van der Waals surface area contributed by atoms with Gasteiger partial charge in [0.1, 0.15) is 0 Å². The van der Waals surface area contributed by atoms with Gasteiger partial charge >= 0.3 is 11.9 Å². The SMILES string of the molecule is CC[C@H]1[C@@H](O)[C@@H]2[C@H](CC[C@]3(C)[C@@H]([C@H](C)CCC(=O)OC)CC[C@@H]23)[C@@]2(C)CC[C@@H](C)C[C@@H]12.CC[C@H]1[C@@H](O)[C@@H]2[C@H](CC[C@]3(C)[C@@H]([C@H](C)CCC(=O)OC)CC[C@@H]23)[C@@]2(C)CC[C@@H](O)C[C@@H]12. The average Bonchev–Trinajstić information content (AvgIpc) is 3.80. The van der Waals surface area contributed by atoms with Crippen molar-refractivity contribution < 1.29 is 34.4 Å². The number of carbonyl (C=O) groups is 2. The molecule has 8 aliphatic carbocycles. The summed E-state index contributed by atoms with van der Waals surface area (Å²) >= 11 is 0. The standard InChI is InChI=1S/C28H48O3.C27H46O4/c1-7-19-23-16-17(2)12-14-28(23,5)22-13-15-27(4)20(18(3)8-11-24(29)31-6)9-10-21(27)25(22)26(19)30;1-6-18-22-15-17(28)11-13-27(22,4)21-12-14-26(3)19(16(2)7-10-23(29)31-5)8-9-20(26)24(21)25(18)30/h17-23,25-26,30H,7-16H2,1-6H3;16-22,24-25,28,30H,6-15H2,1-5H3/t17-,18-,19-,20-,21+,22+,23+,25+,26-,27-,28-;16-,17-,18-,19-,20+,21+,22+,24+,25-,26-,27-/m11/s1. The molecular formula is C55H94O7. The van der Waals surface area contributed by atoms with Crippen molar-refractivity contribution in [3.05, 3.63) is 0 Å². The number of carbonyl (C=O) groups excluding carboxylic acids is 2. The van der Waals surface area contributed by atoms with Gasteiger partial charge in [-0.15, -0.1) is 0 Å². The number of esters is 2. The summed E-state index contributed by atoms with van der Waals surface area (Å²) in [4.78, 5) is 23.4. The number of aliphatic hydroxyl groups excluding tert-OH is 3. The van der Waals surface area contributed by atoms with Gasteiger partial charge in [-0.1, -0.05) is 81.6 Å². The van der Waals surface area contributed by atoms with Gasteiger partial charge < -0.3 is 24.8 Å². The van der Waals surface area contributed by atoms with E-state index in [-0.39, 0.29) is 41.1 Å². The van der Waals surface area contributed by atoms with Gasteiger partial charge in [-0.25, -0.2) is 0 Å². The van der Waals surface area contributed by atoms with Gasteiger partial charge in [0.2, 0.25) is 0 Å². The first kappa shape index (κ1) is 48.7. The molecule has 22 atom stereocenters. The van der Waals surface area contributed by atoms with Crippen molar-refractivity contribution in [2.75, 3.05) is 14.2 Å². The highest BCUT2D eigenvalue weighted by Crippen LogP contribution is 2.71. The summed E-state index contributed by atoms with van der Waals surface area (Å²) in [6, 6.07) is 0. The number of rotatable bonds is 10. The van der Waals surface area contributed by atoms with Crippen LogP contribution in [0.2, 0.25) is 0 Å². The molecule has 8 rings (SSSR count). The molecule has 8 saturated carbocycles. The lowest BCUT2D eigenvalue weighted by Crippen LogP contribution is -2.62. The summed E-state index contributed by atoms with van der Waals surface area (Å²) < 4.78 is 9.78. The Labute approximate surface area is 378 Å². The molecule has 0 aromatic carbocycles. The number of hydrogen-bond donors (Lipinski definition) is 3. The average molecular weight is 867 g/mol. The fourth-order valence-corrected chi connectivity index (χ4v) is 19.4. The molecular weight excluding hydrogens is 773 g/mol. The minimum absolute atomic E-state index is 0.0748. The van der Waals surface area contributed by atoms with Crippen LogP contribution >= 0.6 is 0 Å². The van der Waals surface area contributed by atoms with Crippen LogP contribution in [0, 0.1) is 110 Å². The third kappa shape index (κ3) is 8.20. The number of aliphatic hydroxyl groups is 3. The molecule has 3 N–H and O–H groups in total. The largest absolute Gasteiger partial charge is 0.469 e. The molecule has 0 aliphatic heterocycles. The fourth-order valence-electron chi connectivity index (χ4n) is 19.4. The minimum atomic E-state index is -0.230. The van der Waals surface area contributed by atoms with E-state index in [9.17, 15) is 24.9 Å². The molecule has 0 aromatic rings. The van der Waals surface area contributed by atoms with Gasteiger partial charge in [0.05, 0.1) is 32.5 Å². The fraction of sp³-hybridized carbons (Fsp3) is 0.964. The molecule has 0 spiro atoms. The maximum Gasteiger partial charge on any atom is 0.305 e. The quantitative estimate of drug-likeness (QED) is 0.187. The summed E-state index contributed by atoms with van der Waals surface area (Å²) in [6.45, 7) is 21.9. The summed E-state index contributed by atoms with van der Waals surface area (Å²) in [5.74, 6) is 8.39. The zero-order valence-corrected chi connectivity index (χ0v) is 41.5. The Morgan fingerprint density at radius 3 is 1.35 bits per heavy atom. The maximum absolute atomic E-state index is 11.8. The van der Waals surface area contributed by atoms with E-state index >= 15 is 0 Å². The Bertz CT molecular complexity index is 1440. The molecule has 0 unspecified atom stereocenters. The van der Waals surface area contributed by atoms with Gasteiger partial charge in [0.25, 0.3) is 0 Å². The normalized spacial score (nSPS) is 50.2. The summed E-state index contributed by atoms with van der Waals surface area (Å²) in [5, 5.41) is 34.0. The Morgan fingerprint density at radius 1 is 0.548 bits per heavy atom. The lowest BCUT2D eigenvalue weighted by Gasteiger charge is -2.65. The second-order valence-electron chi connectivity index (χ2n) is 24.9. The van der Waals surface area contributed by atoms with Crippen LogP contribution in [-0.4, -0.2) is 59.8 Å². The molecule has 0 bridgehead atoms. The van der Waals surface area contributed by atoms with E-state index in [1.54, 1.807) is 0 Å². The zero-order chi connectivity index (χ0) is 45.1. The Morgan fingerprint density at radius 2 is 0.935 bits per heavy atom. The van der Waals surface area contributed by atoms with E-state index in [1.165, 1.54) is 84.8 Å². The number of hydrogen-bond acceptors (Lipinski definition) is 7. The highest BCUT2D eigenvalue weighted by molar-refractivity contribution is 5.69. The van der Waals surface area contributed by atoms with Gasteiger partial charge in [0.15, 0.2) is 0 Å². The van der Waals surface area contributed by atoms with Gasteiger partial charge in [0, 0.05) is 12.8 Å². The summed E-state index contributed by atoms with van der Waals surface area (Å²) in [6.07, 6.45) is 21.6. The van der Waals surface area contributed by atoms with Crippen LogP contribution in [0.25, 0.3) is 0 Å². The highest BCUT2D eigenvalue weighted by atomic mass is 16.5. The first-order valence-electron chi connectivity index (χ1n) is 26.5. The molecule has 356 valence electrons. The minimum Gasteiger partial charge on any atom is -0.469 e. The van der Waals surface area contributed by atoms with Gasteiger partial charge in [-0.2, -0.15) is 0 Å². The lowest BCUT2D eigenvalue weighted by atomic mass is 9.41. The van der Waals surface area contributed by atoms with Crippen LogP contribution in [0.15, 0.2) is 0 Å². The lowest BCUT2D eigenvalue weighted by molar-refractivity contribution is -0.203. The molecule has 7 nitrogen and oxygen atoms in total. The highest BCUT2D eigenvalue weighted by Gasteiger charge is 2.66. The molecule has 0 radical (unpaired) electrons. The second-order valence-corrected chi connectivity index (χ2v) is 24.9. The predicted octanol–water partition coefficient (Wildman–Crippen LogP) is 11.7. The van der Waals surface area contributed by atoms with E-state index in [0.717, 1.165) is 50.9 Å². The number of fused-ring (bicyclic) bond motifs is 10. The van der Waals surface area contributed by atoms with Crippen LogP contribution in [0.1, 0.15) is 191 Å². The number of methoxy groups -OCH3 is 2. The molecule has 8 fully saturated rings. The third-order valence-electron chi connectivity index (χ3n) is 22.7. The van der Waals surface area contributed by atoms with Crippen LogP contribution < -0.4 is 0 Å². The van der Waals surface area contributed by atoms with Crippen LogP contribution in [0.3, 0.4) is 0 Å². The van der Waals surface area contributed by atoms with Crippen molar-refractivity contribution in [3.8, 4) is 0 Å². The van der Waals surface area contributed by atoms with Gasteiger partial charge in [-0.05, 0) is 207 Å². The van der Waals surface area contributed by atoms with Crippen molar-refractivity contribution in [3.63, 3.8) is 0 Å². The van der Waals surface area contributed by atoms with Crippen LogP contribution in [0.4, 0.5) is 0 Å². The van der Waals surface area contributed by atoms with Gasteiger partial charge in [-0.3, -0.25) is 9.59 Å². The van der Waals surface area contributed by atoms with Crippen LogP contribution in [0.5, 0.6) is 0 Å². The maximum atomic E-state index is 11.8. The number of ether oxygens (including phenoxy) is 2. The molecule has 0 heterocycles. The predicted molar refractivity (Wildman–Crippen MR) is 248 cm³/mol. The van der Waals surface area contributed by atoms with E-state index in [2.05, 4.69) is 62.3 Å². The summed E-state index contributed by atoms with van der Waals surface area (Å²) in [7, 11) is 2.98. The Hall–Kier alpha value is -1.18. The first-order chi connectivity index (χ1) is 29.3. The molecule has 0 amide bonds. The first-order valence-corrected chi connectivity index (χ1v) is 26.5. The van der Waals surface area contributed by atoms with E-state index < -0.39 is 0 Å². The van der Waals surface area contributed by atoms with Crippen molar-refractivity contribution in [2.24, 2.45) is 110 Å². The van der Waals surface area contributed by atoms with Crippen LogP contribution in [-0.2, 0) is 19.1 Å². The topological polar surface area (TPSA) is 113 Å². The third-order valence-corrected chi connectivity index (χ3v) is 22.7. The van der Waals surface area contributed by atoms with Crippen molar-refractivity contribution in [1.29, 1.82) is 0 Å². The van der Waals surface area contributed by atoms with Crippen molar-refractivity contribution >= 4 is 11.9 Å². The van der Waals surface area contributed by atoms with E-state index in [1.807, 2.05) is 0 Å². The van der Waals surface area contributed by atoms with E-state index in [4.69, 9.17) is 9.47 Å². The Balaban J connectivity index is 0.000000186. The molecule has 8 aliphatic rings. The smallest absolute Gasteiger partial charge is 0.305 e. The zero-order valence-electron chi connectivity index (χ0n) is 41.5. The Kier molecular flexibility index (Phi) is 14.8. The molecule has 0 saturated heterocycles. The molecule has 7 heteroatoms. The second kappa shape index (κ2) is 18.8. The summed E-state index contributed by atoms with van der Waals surface area (Å²) in [5.41, 5.74) is 1.28. The molecule has 0 aromatic heterocycles. The van der Waals surface area contributed by atoms with Crippen molar-refractivity contribution in [2.45, 2.75) is 209 Å².